The summed E-state index contributed by atoms with van der Waals surface area (Å²) in [6, 6.07) is 12.1. The van der Waals surface area contributed by atoms with Gasteiger partial charge in [0.1, 0.15) is 5.75 Å². The normalized spacial score (nSPS) is 10.5. The molecule has 2 rings (SSSR count). The van der Waals surface area contributed by atoms with Crippen LogP contribution < -0.4 is 16.0 Å². The van der Waals surface area contributed by atoms with Crippen molar-refractivity contribution in [1.82, 2.24) is 5.43 Å². The molecule has 0 fully saturated rings. The summed E-state index contributed by atoms with van der Waals surface area (Å²) >= 11 is 0. The first-order valence-electron chi connectivity index (χ1n) is 4.85. The lowest BCUT2D eigenvalue weighted by molar-refractivity contribution is 0.419. The zero-order valence-corrected chi connectivity index (χ0v) is 8.66. The lowest BCUT2D eigenvalue weighted by atomic mass is 10.0. The van der Waals surface area contributed by atoms with Crippen LogP contribution in [0.3, 0.4) is 0 Å². The number of hydrogen-bond donors (Lipinski definition) is 2. The van der Waals surface area contributed by atoms with Gasteiger partial charge in [-0.1, -0.05) is 30.3 Å². The first kappa shape index (κ1) is 9.96. The van der Waals surface area contributed by atoms with E-state index in [2.05, 4.69) is 11.5 Å². The average molecular weight is 202 g/mol. The Morgan fingerprint density at radius 1 is 1.13 bits per heavy atom. The van der Waals surface area contributed by atoms with E-state index in [1.165, 1.54) is 10.9 Å². The Kier molecular flexibility index (Phi) is 2.85. The first-order chi connectivity index (χ1) is 7.36. The van der Waals surface area contributed by atoms with Crippen LogP contribution in [0, 0.1) is 0 Å². The highest BCUT2D eigenvalue weighted by Gasteiger charge is 2.04. The van der Waals surface area contributed by atoms with Crippen LogP contribution >= 0.6 is 0 Å². The zero-order chi connectivity index (χ0) is 10.7. The van der Waals surface area contributed by atoms with Crippen molar-refractivity contribution >= 4 is 10.8 Å². The van der Waals surface area contributed by atoms with Gasteiger partial charge in [-0.25, -0.2) is 0 Å². The van der Waals surface area contributed by atoms with Crippen molar-refractivity contribution in [2.75, 3.05) is 7.11 Å². The van der Waals surface area contributed by atoms with Gasteiger partial charge < -0.3 is 4.74 Å². The Balaban J connectivity index is 2.66. The fraction of sp³-hybridized carbons (Fsp3) is 0.167. The van der Waals surface area contributed by atoms with E-state index < -0.39 is 0 Å². The largest absolute Gasteiger partial charge is 0.496 e. The van der Waals surface area contributed by atoms with Gasteiger partial charge in [-0.05, 0) is 17.0 Å². The molecule has 0 amide bonds. The van der Waals surface area contributed by atoms with Crippen LogP contribution in [0.4, 0.5) is 0 Å². The third-order valence-electron chi connectivity index (χ3n) is 2.49. The molecule has 0 saturated heterocycles. The van der Waals surface area contributed by atoms with Gasteiger partial charge >= 0.3 is 0 Å². The molecule has 2 aromatic rings. The lowest BCUT2D eigenvalue weighted by Crippen LogP contribution is -2.20. The summed E-state index contributed by atoms with van der Waals surface area (Å²) in [4.78, 5) is 0. The number of hydrogen-bond acceptors (Lipinski definition) is 3. The topological polar surface area (TPSA) is 47.3 Å². The van der Waals surface area contributed by atoms with Crippen LogP contribution in [0.1, 0.15) is 5.56 Å². The van der Waals surface area contributed by atoms with E-state index in [0.717, 1.165) is 11.1 Å². The summed E-state index contributed by atoms with van der Waals surface area (Å²) in [5, 5.41) is 2.29. The smallest absolute Gasteiger partial charge is 0.126 e. The van der Waals surface area contributed by atoms with Gasteiger partial charge in [-0.15, -0.1) is 0 Å². The van der Waals surface area contributed by atoms with Crippen molar-refractivity contribution in [3.63, 3.8) is 0 Å². The van der Waals surface area contributed by atoms with Crippen LogP contribution in [0.5, 0.6) is 5.75 Å². The number of methoxy groups -OCH3 is 1. The molecule has 0 aromatic heterocycles. The van der Waals surface area contributed by atoms with E-state index in [-0.39, 0.29) is 0 Å². The highest BCUT2D eigenvalue weighted by Crippen LogP contribution is 2.27. The average Bonchev–Trinajstić information content (AvgIpc) is 2.30. The van der Waals surface area contributed by atoms with Gasteiger partial charge in [0.2, 0.25) is 0 Å². The highest BCUT2D eigenvalue weighted by molar-refractivity contribution is 5.91. The van der Waals surface area contributed by atoms with Crippen molar-refractivity contribution in [3.8, 4) is 5.75 Å². The minimum atomic E-state index is 0.657. The van der Waals surface area contributed by atoms with Crippen LogP contribution in [0.2, 0.25) is 0 Å². The van der Waals surface area contributed by atoms with E-state index >= 15 is 0 Å². The standard InChI is InChI=1S/C12H14N2O/c1-15-12-7-6-9(8-14-13)10-4-2-3-5-11(10)12/h2-7,14H,8,13H2,1H3. The summed E-state index contributed by atoms with van der Waals surface area (Å²) in [6.07, 6.45) is 0. The molecular weight excluding hydrogens is 188 g/mol. The highest BCUT2D eigenvalue weighted by atomic mass is 16.5. The van der Waals surface area contributed by atoms with Crippen molar-refractivity contribution < 1.29 is 4.74 Å². The van der Waals surface area contributed by atoms with E-state index in [1.807, 2.05) is 30.3 Å². The van der Waals surface area contributed by atoms with Gasteiger partial charge in [-0.2, -0.15) is 0 Å². The number of fused-ring (bicyclic) bond motifs is 1. The molecule has 3 nitrogen and oxygen atoms in total. The van der Waals surface area contributed by atoms with E-state index in [9.17, 15) is 0 Å². The van der Waals surface area contributed by atoms with Crippen molar-refractivity contribution in [3.05, 3.63) is 42.0 Å². The molecule has 0 aliphatic carbocycles. The predicted molar refractivity (Wildman–Crippen MR) is 61.5 cm³/mol. The molecule has 0 heterocycles. The summed E-state index contributed by atoms with van der Waals surface area (Å²) < 4.78 is 5.31. The molecule has 0 atom stereocenters. The van der Waals surface area contributed by atoms with E-state index in [4.69, 9.17) is 10.6 Å². The molecule has 3 heteroatoms. The molecular formula is C12H14N2O. The maximum atomic E-state index is 5.34. The minimum absolute atomic E-state index is 0.657. The summed E-state index contributed by atoms with van der Waals surface area (Å²) in [6.45, 7) is 0.657. The van der Waals surface area contributed by atoms with Crippen LogP contribution in [0.25, 0.3) is 10.8 Å². The molecule has 0 saturated carbocycles. The van der Waals surface area contributed by atoms with Gasteiger partial charge in [0, 0.05) is 11.9 Å². The number of benzene rings is 2. The number of nitrogens with two attached hydrogens (primary N) is 1. The monoisotopic (exact) mass is 202 g/mol. The van der Waals surface area contributed by atoms with Crippen molar-refractivity contribution in [2.45, 2.75) is 6.54 Å². The molecule has 78 valence electrons. The molecule has 0 spiro atoms. The summed E-state index contributed by atoms with van der Waals surface area (Å²) in [5.41, 5.74) is 3.85. The van der Waals surface area contributed by atoms with Gasteiger partial charge in [0.05, 0.1) is 7.11 Å². The first-order valence-corrected chi connectivity index (χ1v) is 4.85. The minimum Gasteiger partial charge on any atom is -0.496 e. The molecule has 0 aliphatic heterocycles. The Bertz CT molecular complexity index is 468. The Hall–Kier alpha value is -1.58. The Labute approximate surface area is 88.8 Å². The third-order valence-corrected chi connectivity index (χ3v) is 2.49. The predicted octanol–water partition coefficient (Wildman–Crippen LogP) is 1.81. The fourth-order valence-electron chi connectivity index (χ4n) is 1.78. The zero-order valence-electron chi connectivity index (χ0n) is 8.66. The van der Waals surface area contributed by atoms with Crippen molar-refractivity contribution in [1.29, 1.82) is 0 Å². The van der Waals surface area contributed by atoms with Crippen molar-refractivity contribution in [2.24, 2.45) is 5.84 Å². The van der Waals surface area contributed by atoms with E-state index in [1.54, 1.807) is 7.11 Å². The van der Waals surface area contributed by atoms with E-state index in [0.29, 0.717) is 6.54 Å². The second-order valence-corrected chi connectivity index (χ2v) is 3.35. The van der Waals surface area contributed by atoms with Gasteiger partial charge in [-0.3, -0.25) is 11.3 Å². The third kappa shape index (κ3) is 1.79. The maximum Gasteiger partial charge on any atom is 0.126 e. The Morgan fingerprint density at radius 2 is 1.87 bits per heavy atom. The molecule has 0 radical (unpaired) electrons. The lowest BCUT2D eigenvalue weighted by Gasteiger charge is -2.09. The number of nitrogens with one attached hydrogen (secondary N) is 1. The summed E-state index contributed by atoms with van der Waals surface area (Å²) in [7, 11) is 1.68. The van der Waals surface area contributed by atoms with Crippen LogP contribution in [-0.4, -0.2) is 7.11 Å². The molecule has 0 unspecified atom stereocenters. The quantitative estimate of drug-likeness (QED) is 0.589. The van der Waals surface area contributed by atoms with Crippen LogP contribution in [0.15, 0.2) is 36.4 Å². The SMILES string of the molecule is COc1ccc(CNN)c2ccccc12. The number of hydrazine groups is 1. The fourth-order valence-corrected chi connectivity index (χ4v) is 1.78. The molecule has 15 heavy (non-hydrogen) atoms. The second-order valence-electron chi connectivity index (χ2n) is 3.35. The number of ether oxygens (including phenoxy) is 1. The molecule has 0 aliphatic rings. The summed E-state index contributed by atoms with van der Waals surface area (Å²) in [5.74, 6) is 6.24. The molecule has 3 N–H and O–H groups in total. The van der Waals surface area contributed by atoms with Gasteiger partial charge in [0.15, 0.2) is 0 Å². The Morgan fingerprint density at radius 3 is 2.53 bits per heavy atom. The van der Waals surface area contributed by atoms with Crippen LogP contribution in [-0.2, 0) is 6.54 Å². The van der Waals surface area contributed by atoms with Gasteiger partial charge in [0.25, 0.3) is 0 Å². The second kappa shape index (κ2) is 4.29. The molecule has 2 aromatic carbocycles. The molecule has 0 bridgehead atoms. The maximum absolute atomic E-state index is 5.34. The number of rotatable bonds is 3.